The Morgan fingerprint density at radius 2 is 1.79 bits per heavy atom. The molecular formula is C17H18ClNO4S. The molecule has 2 N–H and O–H groups in total. The molecule has 0 aliphatic rings. The topological polar surface area (TPSA) is 83.5 Å². The van der Waals surface area contributed by atoms with Gasteiger partial charge >= 0.3 is 5.97 Å². The van der Waals surface area contributed by atoms with E-state index >= 15 is 0 Å². The van der Waals surface area contributed by atoms with Crippen LogP contribution in [-0.4, -0.2) is 19.5 Å². The van der Waals surface area contributed by atoms with E-state index < -0.39 is 22.0 Å². The van der Waals surface area contributed by atoms with Gasteiger partial charge in [-0.25, -0.2) is 13.1 Å². The molecule has 0 amide bonds. The van der Waals surface area contributed by atoms with E-state index in [2.05, 4.69) is 4.72 Å². The number of sulfonamides is 1. The number of benzene rings is 2. The number of hydrogen-bond acceptors (Lipinski definition) is 3. The van der Waals surface area contributed by atoms with Crippen LogP contribution in [0.5, 0.6) is 0 Å². The van der Waals surface area contributed by atoms with Gasteiger partial charge in [-0.3, -0.25) is 4.79 Å². The van der Waals surface area contributed by atoms with Crippen LogP contribution in [0.2, 0.25) is 5.02 Å². The molecule has 0 aromatic heterocycles. The third-order valence-corrected chi connectivity index (χ3v) is 5.45. The summed E-state index contributed by atoms with van der Waals surface area (Å²) in [4.78, 5) is 11.3. The van der Waals surface area contributed by atoms with Gasteiger partial charge in [-0.1, -0.05) is 41.4 Å². The summed E-state index contributed by atoms with van der Waals surface area (Å²) in [5, 5.41) is 9.59. The van der Waals surface area contributed by atoms with Crippen LogP contribution in [0.15, 0.2) is 47.4 Å². The Bertz CT molecular complexity index is 847. The number of hydrogen-bond donors (Lipinski definition) is 2. The number of rotatable bonds is 6. The first-order valence-electron chi connectivity index (χ1n) is 7.26. The minimum Gasteiger partial charge on any atom is -0.481 e. The second-order valence-electron chi connectivity index (χ2n) is 5.59. The molecule has 0 aliphatic carbocycles. The number of aryl methyl sites for hydroxylation is 2. The van der Waals surface area contributed by atoms with E-state index in [0.717, 1.165) is 5.56 Å². The Morgan fingerprint density at radius 1 is 1.17 bits per heavy atom. The first kappa shape index (κ1) is 18.4. The lowest BCUT2D eigenvalue weighted by Crippen LogP contribution is -2.30. The average molecular weight is 368 g/mol. The van der Waals surface area contributed by atoms with Crippen molar-refractivity contribution in [1.29, 1.82) is 0 Å². The molecule has 0 radical (unpaired) electrons. The molecule has 0 bridgehead atoms. The third kappa shape index (κ3) is 4.56. The summed E-state index contributed by atoms with van der Waals surface area (Å²) in [6.45, 7) is 3.58. The van der Waals surface area contributed by atoms with E-state index in [9.17, 15) is 13.2 Å². The van der Waals surface area contributed by atoms with E-state index in [4.69, 9.17) is 16.7 Å². The second kappa shape index (κ2) is 7.34. The Morgan fingerprint density at radius 3 is 2.33 bits per heavy atom. The highest BCUT2D eigenvalue weighted by Crippen LogP contribution is 2.24. The van der Waals surface area contributed by atoms with Crippen molar-refractivity contribution in [2.75, 3.05) is 0 Å². The first-order valence-corrected chi connectivity index (χ1v) is 9.12. The molecule has 0 spiro atoms. The number of aliphatic carboxylic acids is 1. The van der Waals surface area contributed by atoms with Crippen molar-refractivity contribution >= 4 is 27.6 Å². The summed E-state index contributed by atoms with van der Waals surface area (Å²) < 4.78 is 27.8. The Kier molecular flexibility index (Phi) is 5.64. The molecule has 128 valence electrons. The van der Waals surface area contributed by atoms with Crippen LogP contribution in [0.1, 0.15) is 29.2 Å². The smallest absolute Gasteiger partial charge is 0.305 e. The molecule has 0 saturated heterocycles. The van der Waals surface area contributed by atoms with Gasteiger partial charge in [0.25, 0.3) is 0 Å². The van der Waals surface area contributed by atoms with Gasteiger partial charge in [0.2, 0.25) is 10.0 Å². The molecule has 0 heterocycles. The van der Waals surface area contributed by atoms with Crippen molar-refractivity contribution in [3.63, 3.8) is 0 Å². The molecule has 0 aliphatic heterocycles. The van der Waals surface area contributed by atoms with Gasteiger partial charge in [-0.05, 0) is 43.2 Å². The zero-order valence-electron chi connectivity index (χ0n) is 13.3. The van der Waals surface area contributed by atoms with Crippen LogP contribution in [0.4, 0.5) is 0 Å². The van der Waals surface area contributed by atoms with Crippen LogP contribution >= 0.6 is 11.6 Å². The molecule has 2 rings (SSSR count). The standard InChI is InChI=1S/C17H18ClNO4S/c1-11-3-8-16(12(2)9-11)24(22,23)19-15(10-17(20)21)13-4-6-14(18)7-5-13/h3-9,15,19H,10H2,1-2H3,(H,20,21)/t15-/m0/s1. The number of nitrogens with one attached hydrogen (secondary N) is 1. The quantitative estimate of drug-likeness (QED) is 0.819. The van der Waals surface area contributed by atoms with Gasteiger partial charge in [0.1, 0.15) is 0 Å². The zero-order valence-corrected chi connectivity index (χ0v) is 14.9. The predicted octanol–water partition coefficient (Wildman–Crippen LogP) is 3.45. The molecule has 0 unspecified atom stereocenters. The van der Waals surface area contributed by atoms with E-state index in [-0.39, 0.29) is 11.3 Å². The van der Waals surface area contributed by atoms with E-state index in [0.29, 0.717) is 16.1 Å². The Balaban J connectivity index is 2.37. The number of carboxylic acid groups (broad SMARTS) is 1. The molecule has 2 aromatic rings. The molecule has 5 nitrogen and oxygen atoms in total. The summed E-state index contributed by atoms with van der Waals surface area (Å²) in [6.07, 6.45) is -0.369. The largest absolute Gasteiger partial charge is 0.481 e. The lowest BCUT2D eigenvalue weighted by atomic mass is 10.1. The monoisotopic (exact) mass is 367 g/mol. The normalized spacial score (nSPS) is 12.8. The maximum absolute atomic E-state index is 12.7. The van der Waals surface area contributed by atoms with Gasteiger partial charge in [-0.2, -0.15) is 0 Å². The fourth-order valence-corrected chi connectivity index (χ4v) is 4.03. The zero-order chi connectivity index (χ0) is 17.9. The fraction of sp³-hybridized carbons (Fsp3) is 0.235. The lowest BCUT2D eigenvalue weighted by molar-refractivity contribution is -0.137. The minimum absolute atomic E-state index is 0.137. The third-order valence-electron chi connectivity index (χ3n) is 3.57. The van der Waals surface area contributed by atoms with Crippen molar-refractivity contribution in [3.8, 4) is 0 Å². The highest BCUT2D eigenvalue weighted by atomic mass is 35.5. The summed E-state index contributed by atoms with van der Waals surface area (Å²) in [5.41, 5.74) is 2.09. The highest BCUT2D eigenvalue weighted by molar-refractivity contribution is 7.89. The summed E-state index contributed by atoms with van der Waals surface area (Å²) in [6, 6.07) is 10.5. The number of carbonyl (C=O) groups is 1. The second-order valence-corrected chi connectivity index (χ2v) is 7.71. The van der Waals surface area contributed by atoms with Crippen molar-refractivity contribution in [1.82, 2.24) is 4.72 Å². The summed E-state index contributed by atoms with van der Waals surface area (Å²) in [5.74, 6) is -1.10. The number of carboxylic acids is 1. The molecular weight excluding hydrogens is 350 g/mol. The van der Waals surface area contributed by atoms with Gasteiger partial charge < -0.3 is 5.11 Å². The van der Waals surface area contributed by atoms with Crippen LogP contribution in [0.3, 0.4) is 0 Å². The Hall–Kier alpha value is -1.89. The van der Waals surface area contributed by atoms with Crippen molar-refractivity contribution in [3.05, 3.63) is 64.2 Å². The molecule has 0 fully saturated rings. The van der Waals surface area contributed by atoms with Gasteiger partial charge in [0, 0.05) is 5.02 Å². The van der Waals surface area contributed by atoms with Crippen LogP contribution < -0.4 is 4.72 Å². The molecule has 24 heavy (non-hydrogen) atoms. The van der Waals surface area contributed by atoms with E-state index in [1.165, 1.54) is 6.07 Å². The van der Waals surface area contributed by atoms with E-state index in [1.807, 2.05) is 6.92 Å². The van der Waals surface area contributed by atoms with Crippen LogP contribution in [0, 0.1) is 13.8 Å². The maximum atomic E-state index is 12.7. The fourth-order valence-electron chi connectivity index (χ4n) is 2.45. The van der Waals surface area contributed by atoms with Gasteiger partial charge in [-0.15, -0.1) is 0 Å². The summed E-state index contributed by atoms with van der Waals surface area (Å²) in [7, 11) is -3.86. The van der Waals surface area contributed by atoms with Gasteiger partial charge in [0.15, 0.2) is 0 Å². The molecule has 1 atom stereocenters. The average Bonchev–Trinajstić information content (AvgIpc) is 2.46. The SMILES string of the molecule is Cc1ccc(S(=O)(=O)N[C@@H](CC(=O)O)c2ccc(Cl)cc2)c(C)c1. The lowest BCUT2D eigenvalue weighted by Gasteiger charge is -2.18. The summed E-state index contributed by atoms with van der Waals surface area (Å²) >= 11 is 5.83. The van der Waals surface area contributed by atoms with Crippen molar-refractivity contribution in [2.45, 2.75) is 31.2 Å². The molecule has 0 saturated carbocycles. The maximum Gasteiger partial charge on any atom is 0.305 e. The van der Waals surface area contributed by atoms with Crippen molar-refractivity contribution < 1.29 is 18.3 Å². The van der Waals surface area contributed by atoms with Crippen LogP contribution in [0.25, 0.3) is 0 Å². The molecule has 2 aromatic carbocycles. The number of halogens is 1. The van der Waals surface area contributed by atoms with Gasteiger partial charge in [0.05, 0.1) is 17.4 Å². The Labute approximate surface area is 146 Å². The molecule has 7 heteroatoms. The predicted molar refractivity (Wildman–Crippen MR) is 92.7 cm³/mol. The van der Waals surface area contributed by atoms with Crippen molar-refractivity contribution in [2.24, 2.45) is 0 Å². The minimum atomic E-state index is -3.86. The highest BCUT2D eigenvalue weighted by Gasteiger charge is 2.24. The van der Waals surface area contributed by atoms with Crippen LogP contribution in [-0.2, 0) is 14.8 Å². The first-order chi connectivity index (χ1) is 11.2. The van der Waals surface area contributed by atoms with E-state index in [1.54, 1.807) is 43.3 Å².